The number of aromatic nitrogens is 2. The first-order valence-electron chi connectivity index (χ1n) is 6.93. The van der Waals surface area contributed by atoms with Crippen LogP contribution in [0, 0.1) is 20.8 Å². The number of aryl methyl sites for hydroxylation is 3. The summed E-state index contributed by atoms with van der Waals surface area (Å²) in [6.07, 6.45) is 1.12. The Morgan fingerprint density at radius 3 is 2.67 bits per heavy atom. The first-order valence-corrected chi connectivity index (χ1v) is 7.31. The maximum Gasteiger partial charge on any atom is 0.224 e. The molecule has 0 unspecified atom stereocenters. The maximum atomic E-state index is 12.1. The predicted octanol–water partition coefficient (Wildman–Crippen LogP) is 3.57. The van der Waals surface area contributed by atoms with E-state index in [4.69, 9.17) is 11.6 Å². The van der Waals surface area contributed by atoms with Gasteiger partial charge in [-0.2, -0.15) is 5.10 Å². The minimum Gasteiger partial charge on any atom is -0.326 e. The molecule has 0 bridgehead atoms. The Bertz CT molecular complexity index is 676. The Morgan fingerprint density at radius 2 is 2.05 bits per heavy atom. The van der Waals surface area contributed by atoms with E-state index in [-0.39, 0.29) is 5.91 Å². The van der Waals surface area contributed by atoms with Crippen LogP contribution in [0.15, 0.2) is 18.2 Å². The van der Waals surface area contributed by atoms with E-state index >= 15 is 0 Å². The molecule has 1 aromatic heterocycles. The molecule has 0 fully saturated rings. The fourth-order valence-electron chi connectivity index (χ4n) is 2.36. The number of nitrogens with zero attached hydrogens (tertiary/aromatic N) is 2. The number of carbonyl (C=O) groups is 1. The van der Waals surface area contributed by atoms with Gasteiger partial charge in [0.15, 0.2) is 0 Å². The van der Waals surface area contributed by atoms with Crippen molar-refractivity contribution >= 4 is 23.2 Å². The average Bonchev–Trinajstić information content (AvgIpc) is 2.66. The maximum absolute atomic E-state index is 12.1. The van der Waals surface area contributed by atoms with Gasteiger partial charge >= 0.3 is 0 Å². The summed E-state index contributed by atoms with van der Waals surface area (Å²) < 4.78 is 1.85. The van der Waals surface area contributed by atoms with E-state index in [1.165, 1.54) is 0 Å². The Labute approximate surface area is 130 Å². The first kappa shape index (κ1) is 15.6. The van der Waals surface area contributed by atoms with Gasteiger partial charge in [-0.1, -0.05) is 17.7 Å². The Morgan fingerprint density at radius 1 is 1.33 bits per heavy atom. The Hall–Kier alpha value is -1.81. The normalized spacial score (nSPS) is 10.7. The Balaban J connectivity index is 2.01. The van der Waals surface area contributed by atoms with Crippen LogP contribution in [0.4, 0.5) is 5.69 Å². The summed E-state index contributed by atoms with van der Waals surface area (Å²) in [5.74, 6) is -0.0111. The highest BCUT2D eigenvalue weighted by Crippen LogP contribution is 2.21. The molecule has 0 atom stereocenters. The van der Waals surface area contributed by atoms with E-state index in [1.54, 1.807) is 6.07 Å². The molecule has 4 nitrogen and oxygen atoms in total. The lowest BCUT2D eigenvalue weighted by molar-refractivity contribution is -0.116. The van der Waals surface area contributed by atoms with Crippen molar-refractivity contribution in [1.82, 2.24) is 9.78 Å². The molecule has 0 aliphatic carbocycles. The third-order valence-electron chi connectivity index (χ3n) is 3.73. The van der Waals surface area contributed by atoms with Gasteiger partial charge < -0.3 is 5.32 Å². The molecule has 1 amide bonds. The topological polar surface area (TPSA) is 46.9 Å². The summed E-state index contributed by atoms with van der Waals surface area (Å²) in [5.41, 5.74) is 5.02. The van der Waals surface area contributed by atoms with Gasteiger partial charge in [0, 0.05) is 29.9 Å². The van der Waals surface area contributed by atoms with Crippen LogP contribution in [0.5, 0.6) is 0 Å². The molecule has 0 saturated heterocycles. The van der Waals surface area contributed by atoms with Gasteiger partial charge in [-0.3, -0.25) is 9.48 Å². The molecular weight excluding hydrogens is 286 g/mol. The summed E-state index contributed by atoms with van der Waals surface area (Å²) in [6, 6.07) is 5.48. The zero-order chi connectivity index (χ0) is 15.6. The van der Waals surface area contributed by atoms with Gasteiger partial charge in [0.2, 0.25) is 5.91 Å². The van der Waals surface area contributed by atoms with Crippen molar-refractivity contribution in [2.45, 2.75) is 33.6 Å². The lowest BCUT2D eigenvalue weighted by Gasteiger charge is -2.09. The van der Waals surface area contributed by atoms with Gasteiger partial charge in [-0.25, -0.2) is 0 Å². The molecule has 1 aromatic carbocycles. The summed E-state index contributed by atoms with van der Waals surface area (Å²) >= 11 is 5.96. The molecule has 112 valence electrons. The van der Waals surface area contributed by atoms with Crippen molar-refractivity contribution in [3.8, 4) is 0 Å². The van der Waals surface area contributed by atoms with E-state index in [1.807, 2.05) is 44.6 Å². The molecule has 2 aromatic rings. The van der Waals surface area contributed by atoms with Crippen LogP contribution in [0.3, 0.4) is 0 Å². The van der Waals surface area contributed by atoms with Gasteiger partial charge in [0.05, 0.1) is 5.69 Å². The number of benzene rings is 1. The van der Waals surface area contributed by atoms with Crippen molar-refractivity contribution < 1.29 is 4.79 Å². The zero-order valence-electron chi connectivity index (χ0n) is 12.8. The van der Waals surface area contributed by atoms with Crippen molar-refractivity contribution in [1.29, 1.82) is 0 Å². The number of hydrogen-bond donors (Lipinski definition) is 1. The molecule has 1 heterocycles. The molecule has 5 heteroatoms. The van der Waals surface area contributed by atoms with Crippen LogP contribution in [-0.2, 0) is 18.3 Å². The highest BCUT2D eigenvalue weighted by molar-refractivity contribution is 6.31. The van der Waals surface area contributed by atoms with Gasteiger partial charge in [0.25, 0.3) is 0 Å². The van der Waals surface area contributed by atoms with E-state index in [2.05, 4.69) is 10.4 Å². The van der Waals surface area contributed by atoms with E-state index in [9.17, 15) is 4.79 Å². The lowest BCUT2D eigenvalue weighted by atomic mass is 10.1. The molecule has 0 radical (unpaired) electrons. The van der Waals surface area contributed by atoms with Crippen molar-refractivity contribution in [3.63, 3.8) is 0 Å². The SMILES string of the molecule is Cc1ccc(Cl)cc1NC(=O)CCc1c(C)nn(C)c1C. The number of carbonyl (C=O) groups excluding carboxylic acids is 1. The summed E-state index contributed by atoms with van der Waals surface area (Å²) in [7, 11) is 1.92. The Kier molecular flexibility index (Phi) is 4.68. The van der Waals surface area contributed by atoms with Crippen LogP contribution < -0.4 is 5.32 Å². The number of amides is 1. The monoisotopic (exact) mass is 305 g/mol. The molecule has 0 spiro atoms. The molecular formula is C16H20ClN3O. The van der Waals surface area contributed by atoms with Gasteiger partial charge in [-0.15, -0.1) is 0 Å². The largest absolute Gasteiger partial charge is 0.326 e. The van der Waals surface area contributed by atoms with Crippen molar-refractivity contribution in [2.24, 2.45) is 7.05 Å². The third-order valence-corrected chi connectivity index (χ3v) is 3.97. The lowest BCUT2D eigenvalue weighted by Crippen LogP contribution is -2.13. The number of hydrogen-bond acceptors (Lipinski definition) is 2. The van der Waals surface area contributed by atoms with Crippen LogP contribution in [0.1, 0.15) is 28.9 Å². The summed E-state index contributed by atoms with van der Waals surface area (Å²) in [6.45, 7) is 5.94. The van der Waals surface area contributed by atoms with Crippen LogP contribution in [0.25, 0.3) is 0 Å². The van der Waals surface area contributed by atoms with E-state index in [0.29, 0.717) is 17.9 Å². The predicted molar refractivity (Wildman–Crippen MR) is 85.8 cm³/mol. The van der Waals surface area contributed by atoms with Gasteiger partial charge in [0.1, 0.15) is 0 Å². The second-order valence-electron chi connectivity index (χ2n) is 5.28. The quantitative estimate of drug-likeness (QED) is 0.938. The third kappa shape index (κ3) is 3.64. The first-order chi connectivity index (χ1) is 9.88. The number of anilines is 1. The average molecular weight is 306 g/mol. The second kappa shape index (κ2) is 6.31. The second-order valence-corrected chi connectivity index (χ2v) is 5.72. The molecule has 2 rings (SSSR count). The van der Waals surface area contributed by atoms with Crippen LogP contribution in [0.2, 0.25) is 5.02 Å². The molecule has 21 heavy (non-hydrogen) atoms. The smallest absolute Gasteiger partial charge is 0.224 e. The van der Waals surface area contributed by atoms with Crippen LogP contribution >= 0.6 is 11.6 Å². The van der Waals surface area contributed by atoms with Crippen molar-refractivity contribution in [2.75, 3.05) is 5.32 Å². The fourth-order valence-corrected chi connectivity index (χ4v) is 2.53. The van der Waals surface area contributed by atoms with Crippen molar-refractivity contribution in [3.05, 3.63) is 45.7 Å². The zero-order valence-corrected chi connectivity index (χ0v) is 13.6. The van der Waals surface area contributed by atoms with Gasteiger partial charge in [-0.05, 0) is 50.5 Å². The minimum absolute atomic E-state index is 0.0111. The summed E-state index contributed by atoms with van der Waals surface area (Å²) in [5, 5.41) is 7.90. The number of nitrogens with one attached hydrogen (secondary N) is 1. The van der Waals surface area contributed by atoms with E-state index < -0.39 is 0 Å². The highest BCUT2D eigenvalue weighted by atomic mass is 35.5. The minimum atomic E-state index is -0.0111. The summed E-state index contributed by atoms with van der Waals surface area (Å²) in [4.78, 5) is 12.1. The highest BCUT2D eigenvalue weighted by Gasteiger charge is 2.12. The molecule has 0 saturated carbocycles. The van der Waals surface area contributed by atoms with E-state index in [0.717, 1.165) is 28.2 Å². The molecule has 1 N–H and O–H groups in total. The molecule has 0 aliphatic rings. The number of rotatable bonds is 4. The van der Waals surface area contributed by atoms with Crippen LogP contribution in [-0.4, -0.2) is 15.7 Å². The fraction of sp³-hybridized carbons (Fsp3) is 0.375. The number of halogens is 1. The molecule has 0 aliphatic heterocycles. The standard InChI is InChI=1S/C16H20ClN3O/c1-10-5-6-13(17)9-15(10)18-16(21)8-7-14-11(2)19-20(4)12(14)3/h5-6,9H,7-8H2,1-4H3,(H,18,21).